The van der Waals surface area contributed by atoms with E-state index in [1.807, 2.05) is 24.3 Å². The molecule has 1 aliphatic rings. The topological polar surface area (TPSA) is 62.7 Å². The lowest BCUT2D eigenvalue weighted by Gasteiger charge is -2.22. The SMILES string of the molecule is c1cncc(-c2ccc(NCC3CCNCC3)nn2)c1. The van der Waals surface area contributed by atoms with E-state index in [0.29, 0.717) is 0 Å². The third-order valence-corrected chi connectivity index (χ3v) is 3.65. The zero-order valence-corrected chi connectivity index (χ0v) is 11.4. The first-order valence-corrected chi connectivity index (χ1v) is 7.10. The van der Waals surface area contributed by atoms with Crippen molar-refractivity contribution in [3.63, 3.8) is 0 Å². The van der Waals surface area contributed by atoms with Gasteiger partial charge in [0.25, 0.3) is 0 Å². The van der Waals surface area contributed by atoms with Gasteiger partial charge in [-0.1, -0.05) is 0 Å². The third kappa shape index (κ3) is 3.30. The van der Waals surface area contributed by atoms with Crippen molar-refractivity contribution in [2.45, 2.75) is 12.8 Å². The number of nitrogens with one attached hydrogen (secondary N) is 2. The minimum atomic E-state index is 0.732. The maximum Gasteiger partial charge on any atom is 0.148 e. The Balaban J connectivity index is 1.58. The van der Waals surface area contributed by atoms with Crippen molar-refractivity contribution in [2.75, 3.05) is 25.0 Å². The summed E-state index contributed by atoms with van der Waals surface area (Å²) in [5.74, 6) is 1.58. The van der Waals surface area contributed by atoms with Gasteiger partial charge in [0, 0.05) is 24.5 Å². The van der Waals surface area contributed by atoms with Crippen molar-refractivity contribution in [2.24, 2.45) is 5.92 Å². The zero-order chi connectivity index (χ0) is 13.6. The monoisotopic (exact) mass is 269 g/mol. The molecule has 3 rings (SSSR count). The molecule has 0 aliphatic carbocycles. The highest BCUT2D eigenvalue weighted by molar-refractivity contribution is 5.57. The molecule has 0 spiro atoms. The zero-order valence-electron chi connectivity index (χ0n) is 11.4. The van der Waals surface area contributed by atoms with Gasteiger partial charge in [-0.3, -0.25) is 4.98 Å². The van der Waals surface area contributed by atoms with Crippen LogP contribution in [0.2, 0.25) is 0 Å². The number of nitrogens with zero attached hydrogens (tertiary/aromatic N) is 3. The fraction of sp³-hybridized carbons (Fsp3) is 0.400. The first kappa shape index (κ1) is 13.0. The number of anilines is 1. The fourth-order valence-corrected chi connectivity index (χ4v) is 2.43. The molecule has 0 aromatic carbocycles. The second kappa shape index (κ2) is 6.43. The van der Waals surface area contributed by atoms with E-state index in [0.717, 1.165) is 42.6 Å². The van der Waals surface area contributed by atoms with Crippen LogP contribution in [-0.4, -0.2) is 34.8 Å². The van der Waals surface area contributed by atoms with Crippen LogP contribution in [-0.2, 0) is 0 Å². The lowest BCUT2D eigenvalue weighted by molar-refractivity contribution is 0.389. The Morgan fingerprint density at radius 2 is 2.05 bits per heavy atom. The Kier molecular flexibility index (Phi) is 4.18. The maximum atomic E-state index is 4.25. The first-order valence-electron chi connectivity index (χ1n) is 7.10. The van der Waals surface area contributed by atoms with Crippen LogP contribution < -0.4 is 10.6 Å². The predicted molar refractivity (Wildman–Crippen MR) is 79.3 cm³/mol. The molecule has 2 aromatic heterocycles. The van der Waals surface area contributed by atoms with Crippen molar-refractivity contribution in [1.29, 1.82) is 0 Å². The standard InChI is InChI=1S/C15H19N5/c1-2-13(11-17-7-1)14-3-4-15(20-19-14)18-10-12-5-8-16-9-6-12/h1-4,7,11-12,16H,5-6,8-10H2,(H,18,20). The Bertz CT molecular complexity index is 520. The molecule has 2 N–H and O–H groups in total. The number of pyridine rings is 1. The Hall–Kier alpha value is -2.01. The summed E-state index contributed by atoms with van der Waals surface area (Å²) in [6, 6.07) is 7.85. The van der Waals surface area contributed by atoms with Gasteiger partial charge in [0.1, 0.15) is 5.82 Å². The summed E-state index contributed by atoms with van der Waals surface area (Å²) < 4.78 is 0. The van der Waals surface area contributed by atoms with Crippen molar-refractivity contribution in [3.8, 4) is 11.3 Å². The van der Waals surface area contributed by atoms with Gasteiger partial charge in [-0.15, -0.1) is 10.2 Å². The molecule has 0 saturated carbocycles. The van der Waals surface area contributed by atoms with Crippen molar-refractivity contribution in [1.82, 2.24) is 20.5 Å². The van der Waals surface area contributed by atoms with Gasteiger partial charge in [0.05, 0.1) is 5.69 Å². The molecule has 0 unspecified atom stereocenters. The van der Waals surface area contributed by atoms with Crippen LogP contribution in [0.15, 0.2) is 36.7 Å². The third-order valence-electron chi connectivity index (χ3n) is 3.65. The number of rotatable bonds is 4. The summed E-state index contributed by atoms with van der Waals surface area (Å²) in [4.78, 5) is 4.09. The molecule has 3 heterocycles. The molecule has 5 heteroatoms. The largest absolute Gasteiger partial charge is 0.368 e. The Morgan fingerprint density at radius 1 is 1.15 bits per heavy atom. The van der Waals surface area contributed by atoms with E-state index in [2.05, 4.69) is 25.8 Å². The molecule has 1 saturated heterocycles. The summed E-state index contributed by atoms with van der Waals surface area (Å²) in [6.07, 6.45) is 6.01. The maximum absolute atomic E-state index is 4.25. The van der Waals surface area contributed by atoms with Crippen LogP contribution in [0, 0.1) is 5.92 Å². The number of hydrogen-bond donors (Lipinski definition) is 2. The number of piperidine rings is 1. The van der Waals surface area contributed by atoms with Crippen molar-refractivity contribution < 1.29 is 0 Å². The van der Waals surface area contributed by atoms with E-state index >= 15 is 0 Å². The van der Waals surface area contributed by atoms with Crippen LogP contribution in [0.5, 0.6) is 0 Å². The highest BCUT2D eigenvalue weighted by Gasteiger charge is 2.12. The quantitative estimate of drug-likeness (QED) is 0.888. The molecule has 104 valence electrons. The summed E-state index contributed by atoms with van der Waals surface area (Å²) in [6.45, 7) is 3.22. The Morgan fingerprint density at radius 3 is 2.75 bits per heavy atom. The number of hydrogen-bond acceptors (Lipinski definition) is 5. The predicted octanol–water partition coefficient (Wildman–Crippen LogP) is 1.95. The number of aromatic nitrogens is 3. The lowest BCUT2D eigenvalue weighted by atomic mass is 9.98. The van der Waals surface area contributed by atoms with Crippen molar-refractivity contribution in [3.05, 3.63) is 36.7 Å². The van der Waals surface area contributed by atoms with Crippen molar-refractivity contribution >= 4 is 5.82 Å². The molecule has 1 fully saturated rings. The minimum absolute atomic E-state index is 0.732. The Labute approximate surface area is 118 Å². The van der Waals surface area contributed by atoms with Crippen LogP contribution in [0.4, 0.5) is 5.82 Å². The van der Waals surface area contributed by atoms with E-state index < -0.39 is 0 Å². The first-order chi connectivity index (χ1) is 9.92. The second-order valence-corrected chi connectivity index (χ2v) is 5.12. The van der Waals surface area contributed by atoms with Crippen LogP contribution in [0.3, 0.4) is 0 Å². The highest BCUT2D eigenvalue weighted by Crippen LogP contribution is 2.16. The molecule has 0 radical (unpaired) electrons. The van der Waals surface area contributed by atoms with Gasteiger partial charge in [0.15, 0.2) is 0 Å². The normalized spacial score (nSPS) is 16.0. The molecular formula is C15H19N5. The van der Waals surface area contributed by atoms with E-state index in [1.54, 1.807) is 12.4 Å². The molecule has 0 bridgehead atoms. The summed E-state index contributed by atoms with van der Waals surface area (Å²) in [5.41, 5.74) is 1.84. The minimum Gasteiger partial charge on any atom is -0.368 e. The average Bonchev–Trinajstić information content (AvgIpc) is 2.55. The smallest absolute Gasteiger partial charge is 0.148 e. The van der Waals surface area contributed by atoms with Crippen LogP contribution >= 0.6 is 0 Å². The molecule has 0 amide bonds. The van der Waals surface area contributed by atoms with Gasteiger partial charge in [-0.2, -0.15) is 0 Å². The molecule has 1 aliphatic heterocycles. The van der Waals surface area contributed by atoms with Crippen LogP contribution in [0.1, 0.15) is 12.8 Å². The molecule has 2 aromatic rings. The van der Waals surface area contributed by atoms with Gasteiger partial charge in [0.2, 0.25) is 0 Å². The highest BCUT2D eigenvalue weighted by atomic mass is 15.2. The molecule has 0 atom stereocenters. The second-order valence-electron chi connectivity index (χ2n) is 5.12. The van der Waals surface area contributed by atoms with E-state index in [9.17, 15) is 0 Å². The van der Waals surface area contributed by atoms with Gasteiger partial charge in [-0.25, -0.2) is 0 Å². The molecule has 5 nitrogen and oxygen atoms in total. The van der Waals surface area contributed by atoms with Crippen LogP contribution in [0.25, 0.3) is 11.3 Å². The summed E-state index contributed by atoms with van der Waals surface area (Å²) in [5, 5.41) is 15.2. The summed E-state index contributed by atoms with van der Waals surface area (Å²) >= 11 is 0. The van der Waals surface area contributed by atoms with Gasteiger partial charge >= 0.3 is 0 Å². The molecule has 20 heavy (non-hydrogen) atoms. The van der Waals surface area contributed by atoms with E-state index in [1.165, 1.54) is 12.8 Å². The van der Waals surface area contributed by atoms with Gasteiger partial charge in [-0.05, 0) is 56.1 Å². The summed E-state index contributed by atoms with van der Waals surface area (Å²) in [7, 11) is 0. The van der Waals surface area contributed by atoms with E-state index in [4.69, 9.17) is 0 Å². The molecular weight excluding hydrogens is 250 g/mol. The fourth-order valence-electron chi connectivity index (χ4n) is 2.43. The lowest BCUT2D eigenvalue weighted by Crippen LogP contribution is -2.31. The van der Waals surface area contributed by atoms with E-state index in [-0.39, 0.29) is 0 Å². The van der Waals surface area contributed by atoms with Gasteiger partial charge < -0.3 is 10.6 Å². The average molecular weight is 269 g/mol.